The minimum Gasteiger partial charge on any atom is -0.371 e. The number of aromatic nitrogens is 2. The average molecular weight is 1040 g/mol. The molecule has 0 saturated heterocycles. The van der Waals surface area contributed by atoms with Gasteiger partial charge >= 0.3 is 0 Å². The highest BCUT2D eigenvalue weighted by molar-refractivity contribution is 6.04. The number of hydrogen-bond donors (Lipinski definition) is 4. The molecule has 4 N–H and O–H groups in total. The highest BCUT2D eigenvalue weighted by Gasteiger charge is 2.36. The van der Waals surface area contributed by atoms with E-state index in [1.165, 1.54) is 16.7 Å². The summed E-state index contributed by atoms with van der Waals surface area (Å²) in [7, 11) is 0. The van der Waals surface area contributed by atoms with Gasteiger partial charge in [0.1, 0.15) is 6.04 Å². The fourth-order valence-corrected chi connectivity index (χ4v) is 10.5. The van der Waals surface area contributed by atoms with Crippen LogP contribution in [-0.2, 0) is 51.3 Å². The van der Waals surface area contributed by atoms with Crippen molar-refractivity contribution in [1.82, 2.24) is 31.2 Å². The molecule has 1 aliphatic carbocycles. The molecule has 2 aliphatic rings. The second-order valence-corrected chi connectivity index (χ2v) is 24.5. The van der Waals surface area contributed by atoms with Crippen molar-refractivity contribution >= 4 is 46.4 Å². The van der Waals surface area contributed by atoms with E-state index in [2.05, 4.69) is 115 Å². The van der Waals surface area contributed by atoms with Crippen molar-refractivity contribution in [3.8, 4) is 0 Å². The highest BCUT2D eigenvalue weighted by atomic mass is 16.5. The zero-order valence-electron chi connectivity index (χ0n) is 48.0. The van der Waals surface area contributed by atoms with Gasteiger partial charge < -0.3 is 30.9 Å². The van der Waals surface area contributed by atoms with Crippen molar-refractivity contribution in [2.75, 3.05) is 24.6 Å². The van der Waals surface area contributed by atoms with Gasteiger partial charge in [-0.3, -0.25) is 33.9 Å². The van der Waals surface area contributed by atoms with E-state index in [0.717, 1.165) is 46.0 Å². The van der Waals surface area contributed by atoms with Gasteiger partial charge in [-0.2, -0.15) is 0 Å². The SMILES string of the molecule is CC(C)Cc1cc(C(=O)NCC(NC(=O)c2cc(CC(C)C)nc(CC(C)C)c2)C(=O)NCC(C)(C)OCC(C)(C)NC(=O)CCC(=O)N2Cc3ccccc3C3=C(c4ccccc42)C(C)CC3C)cc(CC(C)C)n1. The van der Waals surface area contributed by atoms with Gasteiger partial charge in [-0.15, -0.1) is 0 Å². The Balaban J connectivity index is 1.11. The van der Waals surface area contributed by atoms with Crippen molar-refractivity contribution in [2.24, 2.45) is 35.5 Å². The van der Waals surface area contributed by atoms with Crippen LogP contribution in [0, 0.1) is 35.5 Å². The number of benzene rings is 2. The number of amides is 5. The fourth-order valence-electron chi connectivity index (χ4n) is 10.5. The summed E-state index contributed by atoms with van der Waals surface area (Å²) in [5.74, 6) is 0.295. The van der Waals surface area contributed by atoms with Gasteiger partial charge in [0.25, 0.3) is 11.8 Å². The number of carbonyl (C=O) groups is 5. The molecule has 13 heteroatoms. The number of fused-ring (bicyclic) bond motifs is 4. The molecule has 0 radical (unpaired) electrons. The first-order valence-electron chi connectivity index (χ1n) is 27.8. The lowest BCUT2D eigenvalue weighted by Crippen LogP contribution is -2.55. The van der Waals surface area contributed by atoms with E-state index in [0.29, 0.717) is 78.9 Å². The number of carbonyl (C=O) groups excluding carboxylic acids is 5. The van der Waals surface area contributed by atoms with Crippen LogP contribution in [0.2, 0.25) is 0 Å². The standard InChI is InChI=1S/C63H87N7O6/c1-38(2)25-47-30-45(31-48(66-47)26-39(3)4)59(73)64-34-53(68-60(74)46-32-49(27-40(5)6)67-50(33-46)28-41(7)8)61(75)65-36-63(13,14)76-37-62(11,12)69-55(71)23-24-56(72)70-35-44-19-15-16-20-51(44)57-42(9)29-43(10)58(57)52-21-17-18-22-54(52)70/h15-22,30-33,38-43,53H,23-29,34-37H2,1-14H3,(H,64,73)(H,65,75)(H,68,74)(H,69,71). The molecule has 0 saturated carbocycles. The topological polar surface area (TPSA) is 172 Å². The van der Waals surface area contributed by atoms with Gasteiger partial charge in [0.15, 0.2) is 0 Å². The Morgan fingerprint density at radius 3 is 1.67 bits per heavy atom. The minimum absolute atomic E-state index is 0.00991. The molecule has 76 heavy (non-hydrogen) atoms. The fraction of sp³-hybridized carbons (Fsp3) is 0.540. The van der Waals surface area contributed by atoms with Gasteiger partial charge in [-0.25, -0.2) is 0 Å². The Hall–Kier alpha value is -6.21. The lowest BCUT2D eigenvalue weighted by molar-refractivity contribution is -0.128. The van der Waals surface area contributed by atoms with E-state index < -0.39 is 29.0 Å². The summed E-state index contributed by atoms with van der Waals surface area (Å²) in [5, 5.41) is 11.9. The second-order valence-electron chi connectivity index (χ2n) is 24.5. The maximum atomic E-state index is 14.3. The molecule has 6 rings (SSSR count). The van der Waals surface area contributed by atoms with Crippen LogP contribution in [0.5, 0.6) is 0 Å². The van der Waals surface area contributed by atoms with Crippen LogP contribution < -0.4 is 26.2 Å². The van der Waals surface area contributed by atoms with E-state index in [1.807, 2.05) is 56.9 Å². The normalized spacial score (nSPS) is 16.0. The smallest absolute Gasteiger partial charge is 0.252 e. The largest absolute Gasteiger partial charge is 0.371 e. The monoisotopic (exact) mass is 1040 g/mol. The molecule has 5 amide bonds. The van der Waals surface area contributed by atoms with E-state index in [9.17, 15) is 24.0 Å². The number of nitrogens with one attached hydrogen (secondary N) is 4. The summed E-state index contributed by atoms with van der Waals surface area (Å²) in [4.78, 5) is 81.8. The lowest BCUT2D eigenvalue weighted by Gasteiger charge is -2.33. The Kier molecular flexibility index (Phi) is 20.0. The number of anilines is 1. The van der Waals surface area contributed by atoms with E-state index in [-0.39, 0.29) is 50.3 Å². The zero-order valence-corrected chi connectivity index (χ0v) is 48.0. The van der Waals surface area contributed by atoms with Crippen LogP contribution >= 0.6 is 0 Å². The van der Waals surface area contributed by atoms with E-state index in [1.54, 1.807) is 24.3 Å². The molecule has 2 aromatic carbocycles. The van der Waals surface area contributed by atoms with Crippen molar-refractivity contribution in [1.29, 1.82) is 0 Å². The molecule has 0 spiro atoms. The summed E-state index contributed by atoms with van der Waals surface area (Å²) in [5.41, 5.74) is 9.24. The van der Waals surface area contributed by atoms with Gasteiger partial charge in [0.05, 0.1) is 30.0 Å². The first-order valence-corrected chi connectivity index (χ1v) is 27.8. The maximum Gasteiger partial charge on any atom is 0.252 e. The molecule has 3 unspecified atom stereocenters. The molecule has 2 aromatic heterocycles. The van der Waals surface area contributed by atoms with Crippen LogP contribution in [0.1, 0.15) is 176 Å². The van der Waals surface area contributed by atoms with Gasteiger partial charge in [0.2, 0.25) is 17.7 Å². The zero-order chi connectivity index (χ0) is 55.6. The summed E-state index contributed by atoms with van der Waals surface area (Å²) >= 11 is 0. The third kappa shape index (κ3) is 16.4. The number of pyridine rings is 2. The van der Waals surface area contributed by atoms with E-state index in [4.69, 9.17) is 14.7 Å². The molecule has 410 valence electrons. The highest BCUT2D eigenvalue weighted by Crippen LogP contribution is 2.51. The quantitative estimate of drug-likeness (QED) is 0.0569. The molecule has 4 aromatic rings. The second kappa shape index (κ2) is 25.8. The number of rotatable bonds is 23. The summed E-state index contributed by atoms with van der Waals surface area (Å²) in [6, 6.07) is 22.5. The molecule has 0 bridgehead atoms. The van der Waals surface area contributed by atoms with Crippen LogP contribution in [-0.4, -0.2) is 76.4 Å². The van der Waals surface area contributed by atoms with Crippen LogP contribution in [0.3, 0.4) is 0 Å². The Morgan fingerprint density at radius 2 is 1.13 bits per heavy atom. The third-order valence-electron chi connectivity index (χ3n) is 13.9. The predicted octanol–water partition coefficient (Wildman–Crippen LogP) is 10.5. The van der Waals surface area contributed by atoms with Gasteiger partial charge in [-0.05, 0) is 148 Å². The number of ether oxygens (including phenoxy) is 1. The number of nitrogens with zero attached hydrogens (tertiary/aromatic N) is 3. The van der Waals surface area contributed by atoms with Crippen LogP contribution in [0.4, 0.5) is 5.69 Å². The summed E-state index contributed by atoms with van der Waals surface area (Å²) < 4.78 is 6.39. The number of allylic oxidation sites excluding steroid dienone is 2. The average Bonchev–Trinajstić information content (AvgIpc) is 3.62. The molecular weight excluding hydrogens is 951 g/mol. The van der Waals surface area contributed by atoms with Crippen molar-refractivity contribution in [3.05, 3.63) is 123 Å². The number of para-hydroxylation sites is 1. The van der Waals surface area contributed by atoms with Gasteiger partial charge in [0, 0.05) is 65.4 Å². The van der Waals surface area contributed by atoms with Gasteiger partial charge in [-0.1, -0.05) is 112 Å². The van der Waals surface area contributed by atoms with Crippen LogP contribution in [0.25, 0.3) is 11.1 Å². The summed E-state index contributed by atoms with van der Waals surface area (Å²) in [6.45, 7) is 29.2. The Bertz CT molecular complexity index is 2700. The van der Waals surface area contributed by atoms with E-state index >= 15 is 0 Å². The van der Waals surface area contributed by atoms with Crippen molar-refractivity contribution in [2.45, 2.75) is 166 Å². The van der Waals surface area contributed by atoms with Crippen LogP contribution in [0.15, 0.2) is 72.8 Å². The summed E-state index contributed by atoms with van der Waals surface area (Å²) in [6.07, 6.45) is 3.86. The number of hydrogen-bond acceptors (Lipinski definition) is 8. The third-order valence-corrected chi connectivity index (χ3v) is 13.9. The Labute approximate surface area is 453 Å². The first kappa shape index (κ1) is 59.0. The Morgan fingerprint density at radius 1 is 0.645 bits per heavy atom. The molecule has 3 atom stereocenters. The molecule has 3 heterocycles. The lowest BCUT2D eigenvalue weighted by atomic mass is 9.86. The first-order chi connectivity index (χ1) is 35.8. The van der Waals surface area contributed by atoms with Crippen molar-refractivity contribution in [3.63, 3.8) is 0 Å². The molecule has 1 aliphatic heterocycles. The van der Waals surface area contributed by atoms with Crippen molar-refractivity contribution < 1.29 is 28.7 Å². The maximum absolute atomic E-state index is 14.3. The predicted molar refractivity (Wildman–Crippen MR) is 305 cm³/mol. The molecular formula is C63H87N7O6. The minimum atomic E-state index is -1.15. The molecule has 0 fully saturated rings. The molecule has 13 nitrogen and oxygen atoms in total.